The Bertz CT molecular complexity index is 1160. The molecule has 3 aromatic rings. The van der Waals surface area contributed by atoms with Crippen LogP contribution < -0.4 is 24.3 Å². The third-order valence-corrected chi connectivity index (χ3v) is 6.17. The van der Waals surface area contributed by atoms with E-state index in [4.69, 9.17) is 31.2 Å². The summed E-state index contributed by atoms with van der Waals surface area (Å²) in [6.07, 6.45) is 0.774. The van der Waals surface area contributed by atoms with Crippen LogP contribution >= 0.6 is 12.2 Å². The zero-order chi connectivity index (χ0) is 24.1. The number of methoxy groups -OCH3 is 3. The van der Waals surface area contributed by atoms with Crippen molar-refractivity contribution in [3.05, 3.63) is 77.6 Å². The number of halogens is 1. The van der Waals surface area contributed by atoms with Gasteiger partial charge in [0.25, 0.3) is 0 Å². The number of anilines is 1. The van der Waals surface area contributed by atoms with Crippen molar-refractivity contribution in [1.29, 1.82) is 0 Å². The minimum absolute atomic E-state index is 0.205. The summed E-state index contributed by atoms with van der Waals surface area (Å²) in [6, 6.07) is 17.4. The number of para-hydroxylation sites is 2. The van der Waals surface area contributed by atoms with Crippen LogP contribution in [0.2, 0.25) is 0 Å². The Balaban J connectivity index is 1.65. The van der Waals surface area contributed by atoms with Gasteiger partial charge in [-0.3, -0.25) is 0 Å². The Hall–Kier alpha value is -3.52. The highest BCUT2D eigenvalue weighted by atomic mass is 32.1. The topological polar surface area (TPSA) is 52.2 Å². The molecule has 1 N–H and O–H groups in total. The SMILES string of the molecule is COc1ccccc1NC(=S)N1CCc2cc(OC)c(OC)cc2C1COc1ccc(F)cc1. The second-order valence-electron chi connectivity index (χ2n) is 7.76. The lowest BCUT2D eigenvalue weighted by Crippen LogP contribution is -2.44. The molecule has 1 atom stereocenters. The van der Waals surface area contributed by atoms with Crippen LogP contribution in [0.15, 0.2) is 60.7 Å². The monoisotopic (exact) mass is 482 g/mol. The van der Waals surface area contributed by atoms with Gasteiger partial charge < -0.3 is 29.2 Å². The van der Waals surface area contributed by atoms with Crippen molar-refractivity contribution in [1.82, 2.24) is 4.90 Å². The molecule has 178 valence electrons. The van der Waals surface area contributed by atoms with Gasteiger partial charge in [-0.05, 0) is 78.3 Å². The highest BCUT2D eigenvalue weighted by Crippen LogP contribution is 2.39. The highest BCUT2D eigenvalue weighted by molar-refractivity contribution is 7.80. The van der Waals surface area contributed by atoms with Crippen molar-refractivity contribution >= 4 is 23.0 Å². The summed E-state index contributed by atoms with van der Waals surface area (Å²) in [5, 5.41) is 3.87. The first kappa shape index (κ1) is 23.6. The molecule has 3 aromatic carbocycles. The number of hydrogen-bond donors (Lipinski definition) is 1. The van der Waals surface area contributed by atoms with E-state index in [1.54, 1.807) is 33.5 Å². The normalized spacial score (nSPS) is 14.7. The largest absolute Gasteiger partial charge is 0.495 e. The quantitative estimate of drug-likeness (QED) is 0.463. The van der Waals surface area contributed by atoms with Gasteiger partial charge in [-0.1, -0.05) is 12.1 Å². The van der Waals surface area contributed by atoms with Gasteiger partial charge in [0.05, 0.1) is 33.1 Å². The number of ether oxygens (including phenoxy) is 4. The average Bonchev–Trinajstić information content (AvgIpc) is 2.87. The molecule has 0 radical (unpaired) electrons. The molecule has 1 heterocycles. The minimum Gasteiger partial charge on any atom is -0.495 e. The van der Waals surface area contributed by atoms with E-state index < -0.39 is 0 Å². The van der Waals surface area contributed by atoms with Crippen LogP contribution in [0.1, 0.15) is 17.2 Å². The van der Waals surface area contributed by atoms with E-state index in [0.717, 1.165) is 23.2 Å². The van der Waals surface area contributed by atoms with Gasteiger partial charge in [-0.25, -0.2) is 4.39 Å². The molecule has 4 rings (SSSR count). The third kappa shape index (κ3) is 5.02. The first-order valence-electron chi connectivity index (χ1n) is 10.9. The van der Waals surface area contributed by atoms with E-state index in [1.165, 1.54) is 12.1 Å². The fraction of sp³-hybridized carbons (Fsp3) is 0.269. The Morgan fingerprint density at radius 2 is 1.65 bits per heavy atom. The summed E-state index contributed by atoms with van der Waals surface area (Å²) >= 11 is 5.83. The van der Waals surface area contributed by atoms with Crippen molar-refractivity contribution in [2.45, 2.75) is 12.5 Å². The number of hydrogen-bond acceptors (Lipinski definition) is 5. The highest BCUT2D eigenvalue weighted by Gasteiger charge is 2.31. The smallest absolute Gasteiger partial charge is 0.174 e. The van der Waals surface area contributed by atoms with E-state index in [0.29, 0.717) is 41.3 Å². The van der Waals surface area contributed by atoms with Crippen LogP contribution in [0.25, 0.3) is 0 Å². The molecular weight excluding hydrogens is 455 g/mol. The summed E-state index contributed by atoms with van der Waals surface area (Å²) in [5.41, 5.74) is 2.96. The maximum Gasteiger partial charge on any atom is 0.174 e. The number of nitrogens with zero attached hydrogens (tertiary/aromatic N) is 1. The molecule has 0 aromatic heterocycles. The van der Waals surface area contributed by atoms with Crippen LogP contribution in [0.4, 0.5) is 10.1 Å². The van der Waals surface area contributed by atoms with E-state index in [9.17, 15) is 4.39 Å². The van der Waals surface area contributed by atoms with Crippen molar-refractivity contribution in [2.24, 2.45) is 0 Å². The lowest BCUT2D eigenvalue weighted by atomic mass is 9.92. The lowest BCUT2D eigenvalue weighted by Gasteiger charge is -2.39. The number of thiocarbonyl (C=S) groups is 1. The molecule has 0 aliphatic carbocycles. The molecule has 6 nitrogen and oxygen atoms in total. The summed E-state index contributed by atoms with van der Waals surface area (Å²) in [4.78, 5) is 2.10. The van der Waals surface area contributed by atoms with E-state index in [-0.39, 0.29) is 11.9 Å². The fourth-order valence-electron chi connectivity index (χ4n) is 4.09. The zero-order valence-electron chi connectivity index (χ0n) is 19.3. The molecule has 1 aliphatic heterocycles. The molecule has 0 saturated heterocycles. The van der Waals surface area contributed by atoms with Gasteiger partial charge in [-0.2, -0.15) is 0 Å². The maximum atomic E-state index is 13.3. The van der Waals surface area contributed by atoms with Gasteiger partial charge in [0.2, 0.25) is 0 Å². The van der Waals surface area contributed by atoms with Gasteiger partial charge in [-0.15, -0.1) is 0 Å². The van der Waals surface area contributed by atoms with Crippen molar-refractivity contribution < 1.29 is 23.3 Å². The third-order valence-electron chi connectivity index (χ3n) is 5.83. The molecule has 0 spiro atoms. The van der Waals surface area contributed by atoms with Crippen LogP contribution in [0.3, 0.4) is 0 Å². The molecule has 1 unspecified atom stereocenters. The van der Waals surface area contributed by atoms with E-state index >= 15 is 0 Å². The van der Waals surface area contributed by atoms with Crippen molar-refractivity contribution in [3.63, 3.8) is 0 Å². The summed E-state index contributed by atoms with van der Waals surface area (Å²) < 4.78 is 35.9. The number of rotatable bonds is 7. The summed E-state index contributed by atoms with van der Waals surface area (Å²) in [6.45, 7) is 0.989. The van der Waals surface area contributed by atoms with E-state index in [2.05, 4.69) is 10.2 Å². The second-order valence-corrected chi connectivity index (χ2v) is 8.15. The Morgan fingerprint density at radius 1 is 0.971 bits per heavy atom. The summed E-state index contributed by atoms with van der Waals surface area (Å²) in [5.74, 6) is 2.29. The Labute approximate surface area is 204 Å². The number of fused-ring (bicyclic) bond motifs is 1. The molecule has 0 saturated carbocycles. The number of benzene rings is 3. The first-order chi connectivity index (χ1) is 16.5. The Kier molecular flexibility index (Phi) is 7.37. The Morgan fingerprint density at radius 3 is 2.35 bits per heavy atom. The van der Waals surface area contributed by atoms with Crippen LogP contribution in [0.5, 0.6) is 23.0 Å². The van der Waals surface area contributed by atoms with Gasteiger partial charge in [0.15, 0.2) is 16.6 Å². The van der Waals surface area contributed by atoms with Crippen LogP contribution in [0, 0.1) is 5.82 Å². The number of nitrogens with one attached hydrogen (secondary N) is 1. The molecular formula is C26H27FN2O4S. The molecule has 0 bridgehead atoms. The van der Waals surface area contributed by atoms with E-state index in [1.807, 2.05) is 36.4 Å². The molecule has 0 fully saturated rings. The van der Waals surface area contributed by atoms with Crippen molar-refractivity contribution in [2.75, 3.05) is 39.8 Å². The first-order valence-corrected chi connectivity index (χ1v) is 11.3. The lowest BCUT2D eigenvalue weighted by molar-refractivity contribution is 0.190. The fourth-order valence-corrected chi connectivity index (χ4v) is 4.42. The molecule has 0 amide bonds. The minimum atomic E-state index is -0.309. The predicted octanol–water partition coefficient (Wildman–Crippen LogP) is 5.23. The molecule has 8 heteroatoms. The van der Waals surface area contributed by atoms with Gasteiger partial charge >= 0.3 is 0 Å². The van der Waals surface area contributed by atoms with Gasteiger partial charge in [0.1, 0.15) is 23.9 Å². The van der Waals surface area contributed by atoms with Crippen LogP contribution in [-0.4, -0.2) is 44.5 Å². The molecule has 1 aliphatic rings. The van der Waals surface area contributed by atoms with Crippen molar-refractivity contribution in [3.8, 4) is 23.0 Å². The second kappa shape index (κ2) is 10.6. The zero-order valence-corrected chi connectivity index (χ0v) is 20.2. The summed E-state index contributed by atoms with van der Waals surface area (Å²) in [7, 11) is 4.86. The average molecular weight is 483 g/mol. The van der Waals surface area contributed by atoms with Crippen LogP contribution in [-0.2, 0) is 6.42 Å². The van der Waals surface area contributed by atoms with Gasteiger partial charge in [0, 0.05) is 6.54 Å². The maximum absolute atomic E-state index is 13.3. The molecule has 34 heavy (non-hydrogen) atoms. The standard InChI is InChI=1S/C26H27FN2O4S/c1-30-23-7-5-4-6-21(23)28-26(34)29-13-12-17-14-24(31-2)25(32-3)15-20(17)22(29)16-33-19-10-8-18(27)9-11-19/h4-11,14-15,22H,12-13,16H2,1-3H3,(H,28,34). The predicted molar refractivity (Wildman–Crippen MR) is 134 cm³/mol.